The van der Waals surface area contributed by atoms with Crippen LogP contribution in [0.2, 0.25) is 0 Å². The molecule has 0 bridgehead atoms. The van der Waals surface area contributed by atoms with Gasteiger partial charge in [-0.2, -0.15) is 13.2 Å². The van der Waals surface area contributed by atoms with Crippen molar-refractivity contribution < 1.29 is 22.3 Å². The third kappa shape index (κ3) is 3.87. The van der Waals surface area contributed by atoms with Crippen molar-refractivity contribution in [2.75, 3.05) is 6.61 Å². The Labute approximate surface area is 144 Å². The molecule has 0 amide bonds. The highest BCUT2D eigenvalue weighted by Crippen LogP contribution is 2.37. The molecule has 1 nitrogen and oxygen atoms in total. The van der Waals surface area contributed by atoms with E-state index < -0.39 is 17.6 Å². The highest BCUT2D eigenvalue weighted by molar-refractivity contribution is 5.66. The molecule has 2 aromatic rings. The lowest BCUT2D eigenvalue weighted by Gasteiger charge is -2.23. The lowest BCUT2D eigenvalue weighted by molar-refractivity contribution is -0.140. The Morgan fingerprint density at radius 3 is 2.32 bits per heavy atom. The molecule has 0 saturated carbocycles. The molecule has 1 heterocycles. The minimum absolute atomic E-state index is 0.0257. The summed E-state index contributed by atoms with van der Waals surface area (Å²) in [6.45, 7) is 2.34. The number of aryl methyl sites for hydroxylation is 1. The summed E-state index contributed by atoms with van der Waals surface area (Å²) >= 11 is 0. The molecule has 1 fully saturated rings. The summed E-state index contributed by atoms with van der Waals surface area (Å²) in [6.07, 6.45) is -1.34. The quantitative estimate of drug-likeness (QED) is 0.588. The molecule has 1 aliphatic heterocycles. The second-order valence-electron chi connectivity index (χ2n) is 6.32. The maximum Gasteiger partial charge on any atom is 0.419 e. The highest BCUT2D eigenvalue weighted by atomic mass is 19.4. The van der Waals surface area contributed by atoms with Crippen LogP contribution in [-0.4, -0.2) is 6.61 Å². The fourth-order valence-corrected chi connectivity index (χ4v) is 3.32. The van der Waals surface area contributed by atoms with E-state index in [1.807, 2.05) is 24.3 Å². The van der Waals surface area contributed by atoms with Gasteiger partial charge in [0.2, 0.25) is 0 Å². The Morgan fingerprint density at radius 1 is 1.04 bits per heavy atom. The molecule has 1 unspecified atom stereocenters. The molecule has 1 saturated heterocycles. The van der Waals surface area contributed by atoms with Gasteiger partial charge < -0.3 is 4.74 Å². The van der Waals surface area contributed by atoms with Gasteiger partial charge in [0.05, 0.1) is 11.7 Å². The topological polar surface area (TPSA) is 9.23 Å². The van der Waals surface area contributed by atoms with Gasteiger partial charge in [0.25, 0.3) is 0 Å². The van der Waals surface area contributed by atoms with E-state index in [4.69, 9.17) is 4.74 Å². The summed E-state index contributed by atoms with van der Waals surface area (Å²) in [5.74, 6) is -1.22. The Kier molecular flexibility index (Phi) is 5.13. The first kappa shape index (κ1) is 17.9. The van der Waals surface area contributed by atoms with Crippen LogP contribution < -0.4 is 0 Å². The molecule has 0 aromatic heterocycles. The van der Waals surface area contributed by atoms with Gasteiger partial charge in [-0.3, -0.25) is 0 Å². The molecule has 0 aliphatic carbocycles. The second-order valence-corrected chi connectivity index (χ2v) is 6.32. The third-order valence-corrected chi connectivity index (χ3v) is 4.63. The van der Waals surface area contributed by atoms with E-state index in [-0.39, 0.29) is 18.1 Å². The molecule has 2 aromatic carbocycles. The van der Waals surface area contributed by atoms with Crippen molar-refractivity contribution in [2.45, 2.75) is 44.9 Å². The molecule has 1 atom stereocenters. The third-order valence-electron chi connectivity index (χ3n) is 4.63. The van der Waals surface area contributed by atoms with Gasteiger partial charge >= 0.3 is 6.18 Å². The predicted molar refractivity (Wildman–Crippen MR) is 88.8 cm³/mol. The minimum Gasteiger partial charge on any atom is -0.374 e. The van der Waals surface area contributed by atoms with Gasteiger partial charge in [-0.15, -0.1) is 0 Å². The van der Waals surface area contributed by atoms with Crippen LogP contribution >= 0.6 is 0 Å². The van der Waals surface area contributed by atoms with Gasteiger partial charge in [-0.05, 0) is 54.0 Å². The number of rotatable bonds is 3. The van der Waals surface area contributed by atoms with Crippen molar-refractivity contribution in [3.05, 3.63) is 58.9 Å². The summed E-state index contributed by atoms with van der Waals surface area (Å²) in [5.41, 5.74) is 1.01. The van der Waals surface area contributed by atoms with E-state index in [1.165, 1.54) is 6.07 Å². The maximum atomic E-state index is 14.1. The molecule has 5 heteroatoms. The van der Waals surface area contributed by atoms with E-state index in [1.54, 1.807) is 6.92 Å². The van der Waals surface area contributed by atoms with E-state index in [2.05, 4.69) is 0 Å². The lowest BCUT2D eigenvalue weighted by Crippen LogP contribution is -2.12. The number of ether oxygens (including phenoxy) is 1. The zero-order valence-electron chi connectivity index (χ0n) is 14.0. The average molecular weight is 352 g/mol. The Morgan fingerprint density at radius 2 is 1.76 bits per heavy atom. The molecule has 0 N–H and O–H groups in total. The van der Waals surface area contributed by atoms with Crippen molar-refractivity contribution in [3.8, 4) is 11.1 Å². The van der Waals surface area contributed by atoms with Gasteiger partial charge in [-0.1, -0.05) is 37.3 Å². The SMILES string of the molecule is CCc1cc(-c2ccc(C3CCCCO3)cc2)cc(F)c1C(F)(F)F. The van der Waals surface area contributed by atoms with Crippen LogP contribution in [0.5, 0.6) is 0 Å². The molecule has 3 rings (SSSR count). The average Bonchev–Trinajstić information content (AvgIpc) is 2.60. The lowest BCUT2D eigenvalue weighted by atomic mass is 9.95. The first-order valence-corrected chi connectivity index (χ1v) is 8.51. The van der Waals surface area contributed by atoms with Crippen LogP contribution in [0.3, 0.4) is 0 Å². The Balaban J connectivity index is 1.92. The number of halogens is 4. The van der Waals surface area contributed by atoms with E-state index in [9.17, 15) is 17.6 Å². The fraction of sp³-hybridized carbons (Fsp3) is 0.400. The van der Waals surface area contributed by atoms with Crippen molar-refractivity contribution in [1.82, 2.24) is 0 Å². The normalized spacial score (nSPS) is 18.4. The first-order chi connectivity index (χ1) is 11.9. The maximum absolute atomic E-state index is 14.1. The van der Waals surface area contributed by atoms with Crippen molar-refractivity contribution >= 4 is 0 Å². The van der Waals surface area contributed by atoms with Gasteiger partial charge in [-0.25, -0.2) is 4.39 Å². The van der Waals surface area contributed by atoms with Gasteiger partial charge in [0, 0.05) is 6.61 Å². The van der Waals surface area contributed by atoms with Crippen molar-refractivity contribution in [2.24, 2.45) is 0 Å². The smallest absolute Gasteiger partial charge is 0.374 e. The van der Waals surface area contributed by atoms with E-state index in [0.717, 1.165) is 37.5 Å². The number of hydrogen-bond donors (Lipinski definition) is 0. The molecule has 0 radical (unpaired) electrons. The van der Waals surface area contributed by atoms with Crippen molar-refractivity contribution in [3.63, 3.8) is 0 Å². The molecule has 25 heavy (non-hydrogen) atoms. The largest absolute Gasteiger partial charge is 0.419 e. The fourth-order valence-electron chi connectivity index (χ4n) is 3.32. The van der Waals surface area contributed by atoms with Gasteiger partial charge in [0.15, 0.2) is 0 Å². The molecule has 134 valence electrons. The predicted octanol–water partition coefficient (Wildman–Crippen LogP) is 6.32. The van der Waals surface area contributed by atoms with Crippen LogP contribution in [0.4, 0.5) is 17.6 Å². The van der Waals surface area contributed by atoms with Gasteiger partial charge in [0.1, 0.15) is 5.82 Å². The number of alkyl halides is 3. The van der Waals surface area contributed by atoms with Crippen LogP contribution in [0, 0.1) is 5.82 Å². The summed E-state index contributed by atoms with van der Waals surface area (Å²) < 4.78 is 58.9. The molecular weight excluding hydrogens is 332 g/mol. The highest BCUT2D eigenvalue weighted by Gasteiger charge is 2.36. The van der Waals surface area contributed by atoms with Crippen LogP contribution in [0.15, 0.2) is 36.4 Å². The minimum atomic E-state index is -4.68. The van der Waals surface area contributed by atoms with E-state index in [0.29, 0.717) is 11.1 Å². The zero-order valence-corrected chi connectivity index (χ0v) is 14.0. The number of benzene rings is 2. The summed E-state index contributed by atoms with van der Waals surface area (Å²) in [6, 6.07) is 9.84. The van der Waals surface area contributed by atoms with Crippen molar-refractivity contribution in [1.29, 1.82) is 0 Å². The zero-order chi connectivity index (χ0) is 18.0. The first-order valence-electron chi connectivity index (χ1n) is 8.51. The Hall–Kier alpha value is -1.88. The Bertz CT molecular complexity index is 729. The monoisotopic (exact) mass is 352 g/mol. The van der Waals surface area contributed by atoms with Crippen LogP contribution in [0.1, 0.15) is 49.0 Å². The summed E-state index contributed by atoms with van der Waals surface area (Å²) in [7, 11) is 0. The second kappa shape index (κ2) is 7.16. The van der Waals surface area contributed by atoms with Crippen LogP contribution in [-0.2, 0) is 17.3 Å². The molecule has 1 aliphatic rings. The molecular formula is C20H20F4O. The number of hydrogen-bond acceptors (Lipinski definition) is 1. The standard InChI is InChI=1S/C20H20F4O/c1-2-13-11-16(12-17(21)19(13)20(22,23)24)14-6-8-15(9-7-14)18-5-3-4-10-25-18/h6-9,11-12,18H,2-5,10H2,1H3. The van der Waals surface area contributed by atoms with E-state index >= 15 is 0 Å². The summed E-state index contributed by atoms with van der Waals surface area (Å²) in [4.78, 5) is 0. The van der Waals surface area contributed by atoms with Crippen LogP contribution in [0.25, 0.3) is 11.1 Å². The molecule has 0 spiro atoms. The summed E-state index contributed by atoms with van der Waals surface area (Å²) in [5, 5.41) is 0.